The van der Waals surface area contributed by atoms with Gasteiger partial charge in [0.05, 0.1) is 34.8 Å². The number of anilines is 1. The molecule has 1 unspecified atom stereocenters. The number of carbonyl (C=O) groups excluding carboxylic acids is 1. The maximum Gasteiger partial charge on any atom is 0.243 e. The first kappa shape index (κ1) is 21.7. The Morgan fingerprint density at radius 1 is 1.14 bits per heavy atom. The fourth-order valence-electron chi connectivity index (χ4n) is 3.22. The molecule has 10 heteroatoms. The summed E-state index contributed by atoms with van der Waals surface area (Å²) in [7, 11) is -1.03. The summed E-state index contributed by atoms with van der Waals surface area (Å²) in [5, 5.41) is 3.18. The monoisotopic (exact) mass is 458 g/mol. The van der Waals surface area contributed by atoms with E-state index in [0.29, 0.717) is 35.1 Å². The van der Waals surface area contributed by atoms with Gasteiger partial charge in [-0.05, 0) is 37.1 Å². The predicted octanol–water partition coefficient (Wildman–Crippen LogP) is 3.80. The summed E-state index contributed by atoms with van der Waals surface area (Å²) in [6, 6.07) is 8.33. The van der Waals surface area contributed by atoms with E-state index in [9.17, 15) is 13.2 Å². The summed E-state index contributed by atoms with van der Waals surface area (Å²) < 4.78 is 37.9. The molecule has 0 saturated carbocycles. The van der Waals surface area contributed by atoms with Crippen LogP contribution in [-0.4, -0.2) is 45.4 Å². The Labute approximate surface area is 179 Å². The Morgan fingerprint density at radius 2 is 1.86 bits per heavy atom. The van der Waals surface area contributed by atoms with Crippen LogP contribution < -0.4 is 14.8 Å². The van der Waals surface area contributed by atoms with Crippen molar-refractivity contribution in [2.24, 2.45) is 0 Å². The topological polar surface area (TPSA) is 84.9 Å². The molecule has 0 aromatic heterocycles. The third kappa shape index (κ3) is 4.30. The van der Waals surface area contributed by atoms with E-state index in [0.717, 1.165) is 0 Å². The third-order valence-electron chi connectivity index (χ3n) is 4.68. The van der Waals surface area contributed by atoms with Crippen molar-refractivity contribution < 1.29 is 22.7 Å². The Balaban J connectivity index is 1.87. The summed E-state index contributed by atoms with van der Waals surface area (Å²) >= 11 is 12.1. The average molecular weight is 459 g/mol. The maximum absolute atomic E-state index is 13.2. The molecule has 0 spiro atoms. The molecular formula is C19H20Cl2N2O5S. The number of carbonyl (C=O) groups is 1. The summed E-state index contributed by atoms with van der Waals surface area (Å²) in [6.07, 6.45) is 0.963. The van der Waals surface area contributed by atoms with Crippen LogP contribution in [0.3, 0.4) is 0 Å². The van der Waals surface area contributed by atoms with E-state index in [4.69, 9.17) is 32.7 Å². The van der Waals surface area contributed by atoms with E-state index in [-0.39, 0.29) is 16.5 Å². The van der Waals surface area contributed by atoms with Crippen molar-refractivity contribution >= 4 is 44.8 Å². The number of sulfonamides is 1. The highest BCUT2D eigenvalue weighted by Gasteiger charge is 2.40. The van der Waals surface area contributed by atoms with Gasteiger partial charge in [-0.1, -0.05) is 29.3 Å². The van der Waals surface area contributed by atoms with E-state index >= 15 is 0 Å². The number of halogens is 2. The highest BCUT2D eigenvalue weighted by molar-refractivity contribution is 7.89. The van der Waals surface area contributed by atoms with Gasteiger partial charge in [0.15, 0.2) is 11.5 Å². The fourth-order valence-corrected chi connectivity index (χ4v) is 5.24. The van der Waals surface area contributed by atoms with Crippen LogP contribution in [0.15, 0.2) is 41.3 Å². The first-order chi connectivity index (χ1) is 13.8. The zero-order chi connectivity index (χ0) is 21.2. The van der Waals surface area contributed by atoms with Crippen LogP contribution in [0.25, 0.3) is 0 Å². The van der Waals surface area contributed by atoms with Crippen molar-refractivity contribution in [1.82, 2.24) is 4.31 Å². The molecule has 1 heterocycles. The Hall–Kier alpha value is -2.00. The molecule has 0 aliphatic carbocycles. The second kappa shape index (κ2) is 8.79. The van der Waals surface area contributed by atoms with Crippen molar-refractivity contribution in [2.75, 3.05) is 26.1 Å². The highest BCUT2D eigenvalue weighted by Crippen LogP contribution is 2.34. The average Bonchev–Trinajstić information content (AvgIpc) is 3.21. The molecular weight excluding hydrogens is 439 g/mol. The number of nitrogens with one attached hydrogen (secondary N) is 1. The summed E-state index contributed by atoms with van der Waals surface area (Å²) in [4.78, 5) is 12.9. The second-order valence-corrected chi connectivity index (χ2v) is 9.06. The van der Waals surface area contributed by atoms with Crippen LogP contribution in [0.1, 0.15) is 12.8 Å². The molecule has 2 aromatic carbocycles. The lowest BCUT2D eigenvalue weighted by Gasteiger charge is -2.24. The van der Waals surface area contributed by atoms with E-state index < -0.39 is 22.0 Å². The molecule has 1 aliphatic heterocycles. The van der Waals surface area contributed by atoms with Gasteiger partial charge in [0.25, 0.3) is 0 Å². The lowest BCUT2D eigenvalue weighted by Crippen LogP contribution is -2.43. The van der Waals surface area contributed by atoms with Gasteiger partial charge in [-0.3, -0.25) is 4.79 Å². The molecule has 29 heavy (non-hydrogen) atoms. The molecule has 1 N–H and O–H groups in total. The number of benzene rings is 2. The Morgan fingerprint density at radius 3 is 2.55 bits per heavy atom. The summed E-state index contributed by atoms with van der Waals surface area (Å²) in [5.74, 6) is 0.243. The minimum atomic E-state index is -3.92. The normalized spacial score (nSPS) is 17.2. The summed E-state index contributed by atoms with van der Waals surface area (Å²) in [5.41, 5.74) is 0.333. The molecule has 0 radical (unpaired) electrons. The van der Waals surface area contributed by atoms with Crippen LogP contribution in [0.5, 0.6) is 11.5 Å². The van der Waals surface area contributed by atoms with Crippen LogP contribution in [-0.2, 0) is 14.8 Å². The minimum absolute atomic E-state index is 0.0237. The summed E-state index contributed by atoms with van der Waals surface area (Å²) in [6.45, 7) is 0.234. The standard InChI is InChI=1S/C19H20Cl2N2O5S/c1-27-16-9-8-12(11-17(16)28-2)29(25,26)23-10-4-7-15(23)19(24)22-14-6-3-5-13(20)18(14)21/h3,5-6,8-9,11,15H,4,7,10H2,1-2H3,(H,22,24). The van der Waals surface area contributed by atoms with E-state index in [2.05, 4.69) is 5.32 Å². The maximum atomic E-state index is 13.2. The molecule has 2 aromatic rings. The molecule has 0 bridgehead atoms. The van der Waals surface area contributed by atoms with Gasteiger partial charge in [-0.2, -0.15) is 4.31 Å². The van der Waals surface area contributed by atoms with Crippen molar-refractivity contribution in [3.8, 4) is 11.5 Å². The lowest BCUT2D eigenvalue weighted by molar-refractivity contribution is -0.119. The molecule has 1 saturated heterocycles. The lowest BCUT2D eigenvalue weighted by atomic mass is 10.2. The van der Waals surface area contributed by atoms with Gasteiger partial charge in [0, 0.05) is 12.6 Å². The largest absolute Gasteiger partial charge is 0.493 e. The molecule has 7 nitrogen and oxygen atoms in total. The van der Waals surface area contributed by atoms with Crippen molar-refractivity contribution in [2.45, 2.75) is 23.8 Å². The first-order valence-corrected chi connectivity index (χ1v) is 11.0. The smallest absolute Gasteiger partial charge is 0.243 e. The van der Waals surface area contributed by atoms with E-state index in [1.807, 2.05) is 0 Å². The second-order valence-electron chi connectivity index (χ2n) is 6.38. The molecule has 1 fully saturated rings. The SMILES string of the molecule is COc1ccc(S(=O)(=O)N2CCCC2C(=O)Nc2cccc(Cl)c2Cl)cc1OC. The number of methoxy groups -OCH3 is 2. The molecule has 1 atom stereocenters. The van der Waals surface area contributed by atoms with Gasteiger partial charge in [-0.25, -0.2) is 8.42 Å². The van der Waals surface area contributed by atoms with Crippen molar-refractivity contribution in [1.29, 1.82) is 0 Å². The van der Waals surface area contributed by atoms with Gasteiger partial charge >= 0.3 is 0 Å². The zero-order valence-electron chi connectivity index (χ0n) is 15.8. The number of hydrogen-bond acceptors (Lipinski definition) is 5. The van der Waals surface area contributed by atoms with Gasteiger partial charge in [0.1, 0.15) is 6.04 Å². The van der Waals surface area contributed by atoms with Crippen LogP contribution in [0, 0.1) is 0 Å². The third-order valence-corrected chi connectivity index (χ3v) is 7.40. The highest BCUT2D eigenvalue weighted by atomic mass is 35.5. The number of ether oxygens (including phenoxy) is 2. The Bertz CT molecular complexity index is 1030. The van der Waals surface area contributed by atoms with Crippen molar-refractivity contribution in [3.05, 3.63) is 46.4 Å². The van der Waals surface area contributed by atoms with E-state index in [1.54, 1.807) is 18.2 Å². The minimum Gasteiger partial charge on any atom is -0.493 e. The first-order valence-electron chi connectivity index (χ1n) is 8.78. The molecule has 3 rings (SSSR count). The zero-order valence-corrected chi connectivity index (χ0v) is 18.1. The Kier molecular flexibility index (Phi) is 6.58. The molecule has 156 valence electrons. The van der Waals surface area contributed by atoms with Crippen LogP contribution in [0.2, 0.25) is 10.0 Å². The number of rotatable bonds is 6. The molecule has 1 amide bonds. The van der Waals surface area contributed by atoms with Gasteiger partial charge < -0.3 is 14.8 Å². The van der Waals surface area contributed by atoms with Crippen LogP contribution >= 0.6 is 23.2 Å². The van der Waals surface area contributed by atoms with Crippen molar-refractivity contribution in [3.63, 3.8) is 0 Å². The van der Waals surface area contributed by atoms with E-state index in [1.165, 1.54) is 36.7 Å². The number of amides is 1. The quantitative estimate of drug-likeness (QED) is 0.711. The number of nitrogens with zero attached hydrogens (tertiary/aromatic N) is 1. The fraction of sp³-hybridized carbons (Fsp3) is 0.316. The van der Waals surface area contributed by atoms with Crippen LogP contribution in [0.4, 0.5) is 5.69 Å². The molecule has 1 aliphatic rings. The van der Waals surface area contributed by atoms with Gasteiger partial charge in [0.2, 0.25) is 15.9 Å². The predicted molar refractivity (Wildman–Crippen MR) is 112 cm³/mol. The number of hydrogen-bond donors (Lipinski definition) is 1. The van der Waals surface area contributed by atoms with Gasteiger partial charge in [-0.15, -0.1) is 0 Å².